The van der Waals surface area contributed by atoms with E-state index >= 15 is 0 Å². The van der Waals surface area contributed by atoms with Gasteiger partial charge >= 0.3 is 6.09 Å². The number of nitrogens with two attached hydrogens (primary N) is 1. The zero-order chi connectivity index (χ0) is 24.8. The van der Waals surface area contributed by atoms with E-state index in [1.807, 2.05) is 78.9 Å². The topological polar surface area (TPSA) is 102 Å². The summed E-state index contributed by atoms with van der Waals surface area (Å²) in [7, 11) is 0. The molecule has 3 aromatic rings. The Morgan fingerprint density at radius 2 is 1.66 bits per heavy atom. The number of rotatable bonds is 7. The molecule has 3 N–H and O–H groups in total. The molecule has 1 heterocycles. The van der Waals surface area contributed by atoms with Gasteiger partial charge in [-0.05, 0) is 57.0 Å². The Kier molecular flexibility index (Phi) is 8.02. The minimum Gasteiger partial charge on any atom is -0.445 e. The molecule has 4 rings (SSSR count). The molecule has 0 bridgehead atoms. The summed E-state index contributed by atoms with van der Waals surface area (Å²) < 4.78 is 6.56. The number of benzene rings is 3. The molecule has 0 spiro atoms. The van der Waals surface area contributed by atoms with Gasteiger partial charge in [0.2, 0.25) is 11.8 Å². The summed E-state index contributed by atoms with van der Waals surface area (Å²) in [6, 6.07) is 23.0. The molecule has 0 saturated heterocycles. The van der Waals surface area contributed by atoms with Crippen molar-refractivity contribution in [3.8, 4) is 0 Å². The van der Waals surface area contributed by atoms with Crippen molar-refractivity contribution in [2.75, 3.05) is 0 Å². The first kappa shape index (κ1) is 24.7. The minimum atomic E-state index is -0.903. The van der Waals surface area contributed by atoms with E-state index in [0.29, 0.717) is 6.42 Å². The molecule has 1 aliphatic rings. The van der Waals surface area contributed by atoms with Gasteiger partial charge in [-0.2, -0.15) is 0 Å². The number of amides is 3. The number of fused-ring (bicyclic) bond motifs is 1. The molecule has 3 amide bonds. The number of hydrogen-bond acceptors (Lipinski definition) is 4. The summed E-state index contributed by atoms with van der Waals surface area (Å²) in [6.45, 7) is 0.336. The van der Waals surface area contributed by atoms with E-state index in [4.69, 9.17) is 10.5 Å². The average molecular weight is 583 g/mol. The van der Waals surface area contributed by atoms with Crippen LogP contribution in [0.25, 0.3) is 0 Å². The Hall–Kier alpha value is -3.40. The molecule has 180 valence electrons. The number of nitrogens with one attached hydrogen (secondary N) is 1. The Bertz CT molecular complexity index is 1220. The highest BCUT2D eigenvalue weighted by atomic mass is 127. The molecular weight excluding hydrogens is 557 g/mol. The standard InChI is InChI=1S/C27H26IN3O4/c28-22-12-6-9-19(13-22)14-23(25(29)32)30-26(33)24-15-20-10-4-5-11-21(20)16-31(24)27(34)35-17-18-7-2-1-3-8-18/h1-13,23-24H,14-17H2,(H2,29,32)(H,30,33)/t23-,24-/m0/s1. The summed E-state index contributed by atoms with van der Waals surface area (Å²) in [5.41, 5.74) is 9.30. The zero-order valence-electron chi connectivity index (χ0n) is 19.0. The van der Waals surface area contributed by atoms with Crippen LogP contribution in [-0.4, -0.2) is 34.9 Å². The highest BCUT2D eigenvalue weighted by molar-refractivity contribution is 14.1. The second-order valence-corrected chi connectivity index (χ2v) is 9.70. The summed E-state index contributed by atoms with van der Waals surface area (Å²) in [5.74, 6) is -1.07. The number of halogens is 1. The Morgan fingerprint density at radius 3 is 2.37 bits per heavy atom. The second-order valence-electron chi connectivity index (χ2n) is 8.45. The van der Waals surface area contributed by atoms with E-state index < -0.39 is 30.0 Å². The highest BCUT2D eigenvalue weighted by Crippen LogP contribution is 2.25. The van der Waals surface area contributed by atoms with Gasteiger partial charge in [-0.1, -0.05) is 66.7 Å². The zero-order valence-corrected chi connectivity index (χ0v) is 21.2. The quantitative estimate of drug-likeness (QED) is 0.416. The third kappa shape index (κ3) is 6.39. The number of ether oxygens (including phenoxy) is 1. The van der Waals surface area contributed by atoms with Crippen LogP contribution in [0.3, 0.4) is 0 Å². The molecule has 0 aromatic heterocycles. The molecule has 0 saturated carbocycles. The van der Waals surface area contributed by atoms with Crippen molar-refractivity contribution < 1.29 is 19.1 Å². The van der Waals surface area contributed by atoms with Crippen LogP contribution in [0.15, 0.2) is 78.9 Å². The van der Waals surface area contributed by atoms with Gasteiger partial charge in [0.1, 0.15) is 18.7 Å². The smallest absolute Gasteiger partial charge is 0.411 e. The number of hydrogen-bond donors (Lipinski definition) is 2. The molecule has 0 unspecified atom stereocenters. The average Bonchev–Trinajstić information content (AvgIpc) is 2.86. The normalized spacial score (nSPS) is 15.6. The van der Waals surface area contributed by atoms with Gasteiger partial charge in [-0.3, -0.25) is 14.5 Å². The van der Waals surface area contributed by atoms with Crippen molar-refractivity contribution in [2.24, 2.45) is 5.73 Å². The van der Waals surface area contributed by atoms with Crippen LogP contribution < -0.4 is 11.1 Å². The number of primary amides is 1. The lowest BCUT2D eigenvalue weighted by atomic mass is 9.93. The summed E-state index contributed by atoms with van der Waals surface area (Å²) in [6.07, 6.45) is -0.00615. The van der Waals surface area contributed by atoms with Crippen LogP contribution in [0.2, 0.25) is 0 Å². The summed E-state index contributed by atoms with van der Waals surface area (Å²) >= 11 is 2.19. The van der Waals surface area contributed by atoms with Gasteiger partial charge in [0.25, 0.3) is 0 Å². The highest BCUT2D eigenvalue weighted by Gasteiger charge is 2.37. The molecule has 0 fully saturated rings. The lowest BCUT2D eigenvalue weighted by Gasteiger charge is -2.35. The molecule has 7 nitrogen and oxygen atoms in total. The minimum absolute atomic E-state index is 0.0999. The number of carbonyl (C=O) groups excluding carboxylic acids is 3. The molecule has 3 aromatic carbocycles. The third-order valence-electron chi connectivity index (χ3n) is 5.98. The van der Waals surface area contributed by atoms with E-state index in [-0.39, 0.29) is 19.6 Å². The van der Waals surface area contributed by atoms with E-state index in [0.717, 1.165) is 25.8 Å². The summed E-state index contributed by atoms with van der Waals surface area (Å²) in [5, 5.41) is 2.78. The maximum Gasteiger partial charge on any atom is 0.411 e. The largest absolute Gasteiger partial charge is 0.445 e. The molecule has 35 heavy (non-hydrogen) atoms. The van der Waals surface area contributed by atoms with Crippen LogP contribution in [-0.2, 0) is 40.3 Å². The SMILES string of the molecule is NC(=O)[C@H](Cc1cccc(I)c1)NC(=O)[C@@H]1Cc2ccccc2CN1C(=O)OCc1ccccc1. The fraction of sp³-hybridized carbons (Fsp3) is 0.222. The second kappa shape index (κ2) is 11.4. The van der Waals surface area contributed by atoms with Crippen molar-refractivity contribution >= 4 is 40.5 Å². The van der Waals surface area contributed by atoms with Gasteiger partial charge in [0.15, 0.2) is 0 Å². The Morgan fingerprint density at radius 1 is 0.971 bits per heavy atom. The van der Waals surface area contributed by atoms with Gasteiger partial charge in [-0.15, -0.1) is 0 Å². The maximum absolute atomic E-state index is 13.4. The predicted molar refractivity (Wildman–Crippen MR) is 140 cm³/mol. The van der Waals surface area contributed by atoms with Crippen molar-refractivity contribution in [3.63, 3.8) is 0 Å². The van der Waals surface area contributed by atoms with Gasteiger partial charge in [0.05, 0.1) is 6.54 Å². The molecule has 0 aliphatic carbocycles. The molecule has 8 heteroatoms. The molecular formula is C27H26IN3O4. The first-order chi connectivity index (χ1) is 16.9. The molecule has 1 aliphatic heterocycles. The monoisotopic (exact) mass is 583 g/mol. The van der Waals surface area contributed by atoms with E-state index in [9.17, 15) is 14.4 Å². The third-order valence-corrected chi connectivity index (χ3v) is 6.65. The van der Waals surface area contributed by atoms with Crippen molar-refractivity contribution in [1.82, 2.24) is 10.2 Å². The molecule has 2 atom stereocenters. The fourth-order valence-electron chi connectivity index (χ4n) is 4.14. The van der Waals surface area contributed by atoms with E-state index in [1.54, 1.807) is 0 Å². The van der Waals surface area contributed by atoms with Crippen LogP contribution >= 0.6 is 22.6 Å². The fourth-order valence-corrected chi connectivity index (χ4v) is 4.75. The Labute approximate surface area is 217 Å². The van der Waals surface area contributed by atoms with Crippen LogP contribution in [0, 0.1) is 3.57 Å². The number of carbonyl (C=O) groups is 3. The molecule has 0 radical (unpaired) electrons. The van der Waals surface area contributed by atoms with Crippen molar-refractivity contribution in [3.05, 3.63) is 105 Å². The van der Waals surface area contributed by atoms with E-state index in [2.05, 4.69) is 27.9 Å². The van der Waals surface area contributed by atoms with Crippen LogP contribution in [0.4, 0.5) is 4.79 Å². The van der Waals surface area contributed by atoms with Gasteiger partial charge in [-0.25, -0.2) is 4.79 Å². The van der Waals surface area contributed by atoms with Gasteiger partial charge < -0.3 is 15.8 Å². The maximum atomic E-state index is 13.4. The lowest BCUT2D eigenvalue weighted by Crippen LogP contribution is -2.56. The predicted octanol–water partition coefficient (Wildman–Crippen LogP) is 3.57. The Balaban J connectivity index is 1.52. The van der Waals surface area contributed by atoms with E-state index in [1.165, 1.54) is 4.90 Å². The van der Waals surface area contributed by atoms with Crippen LogP contribution in [0.5, 0.6) is 0 Å². The van der Waals surface area contributed by atoms with Gasteiger partial charge in [0, 0.05) is 16.4 Å². The van der Waals surface area contributed by atoms with Crippen molar-refractivity contribution in [2.45, 2.75) is 38.1 Å². The first-order valence-electron chi connectivity index (χ1n) is 11.3. The van der Waals surface area contributed by atoms with Crippen LogP contribution in [0.1, 0.15) is 22.3 Å². The summed E-state index contributed by atoms with van der Waals surface area (Å²) in [4.78, 5) is 40.1. The first-order valence-corrected chi connectivity index (χ1v) is 12.4. The number of nitrogens with zero attached hydrogens (tertiary/aromatic N) is 1. The lowest BCUT2D eigenvalue weighted by molar-refractivity contribution is -0.131. The van der Waals surface area contributed by atoms with Crippen molar-refractivity contribution in [1.29, 1.82) is 0 Å².